The fraction of sp³-hybridized carbons (Fsp3) is 0.227. The number of hydrogen-bond donors (Lipinski definition) is 2. The molecular formula is C22H21F3N4O4S. The molecule has 1 amide bonds. The molecule has 0 aliphatic heterocycles. The molecule has 0 aliphatic carbocycles. The molecule has 2 N–H and O–H groups in total. The average molecular weight is 494 g/mol. The maximum atomic E-state index is 13.5. The molecule has 0 spiro atoms. The van der Waals surface area contributed by atoms with Gasteiger partial charge in [-0.1, -0.05) is 12.1 Å². The summed E-state index contributed by atoms with van der Waals surface area (Å²) in [6.07, 6.45) is -3.64. The van der Waals surface area contributed by atoms with Gasteiger partial charge in [0.15, 0.2) is 5.69 Å². The van der Waals surface area contributed by atoms with Crippen molar-refractivity contribution in [1.82, 2.24) is 10.2 Å². The van der Waals surface area contributed by atoms with Crippen LogP contribution in [-0.4, -0.2) is 33.7 Å². The van der Waals surface area contributed by atoms with Gasteiger partial charge < -0.3 is 14.8 Å². The van der Waals surface area contributed by atoms with Gasteiger partial charge in [-0.3, -0.25) is 4.79 Å². The number of nitrogens with one attached hydrogen (secondary N) is 2. The number of halogens is 3. The summed E-state index contributed by atoms with van der Waals surface area (Å²) in [5.74, 6) is -0.746. The van der Waals surface area contributed by atoms with Crippen LogP contribution in [0.25, 0.3) is 0 Å². The van der Waals surface area contributed by atoms with E-state index >= 15 is 0 Å². The minimum absolute atomic E-state index is 0.136. The Hall–Kier alpha value is -3.67. The van der Waals surface area contributed by atoms with Crippen LogP contribution in [0.3, 0.4) is 0 Å². The number of amides is 1. The van der Waals surface area contributed by atoms with Crippen LogP contribution < -0.4 is 14.8 Å². The molecule has 3 rings (SSSR count). The Morgan fingerprint density at radius 2 is 1.82 bits per heavy atom. The molecule has 34 heavy (non-hydrogen) atoms. The lowest BCUT2D eigenvalue weighted by Gasteiger charge is -2.16. The van der Waals surface area contributed by atoms with Crippen molar-refractivity contribution in [3.8, 4) is 17.4 Å². The van der Waals surface area contributed by atoms with Gasteiger partial charge in [0.1, 0.15) is 17.1 Å². The number of benzene rings is 2. The normalized spacial score (nSPS) is 13.1. The quantitative estimate of drug-likeness (QED) is 0.487. The molecule has 180 valence electrons. The first-order valence-electron chi connectivity index (χ1n) is 9.73. The van der Waals surface area contributed by atoms with E-state index in [0.717, 1.165) is 12.5 Å². The molecule has 0 radical (unpaired) electrons. The molecule has 1 unspecified atom stereocenters. The van der Waals surface area contributed by atoms with Crippen LogP contribution in [0, 0.1) is 18.6 Å². The highest BCUT2D eigenvalue weighted by atomic mass is 32.2. The van der Waals surface area contributed by atoms with Gasteiger partial charge in [-0.15, -0.1) is 10.2 Å². The molecule has 8 nitrogen and oxygen atoms in total. The second-order valence-corrected chi connectivity index (χ2v) is 9.57. The third-order valence-corrected chi connectivity index (χ3v) is 5.97. The number of alkyl halides is 3. The van der Waals surface area contributed by atoms with Crippen LogP contribution >= 0.6 is 0 Å². The number of nitrogens with zero attached hydrogens (tertiary/aromatic N) is 2. The van der Waals surface area contributed by atoms with Crippen LogP contribution in [-0.2, 0) is 15.9 Å². The monoisotopic (exact) mass is 494 g/mol. The third kappa shape index (κ3) is 5.45. The summed E-state index contributed by atoms with van der Waals surface area (Å²) >= 11 is 0. The van der Waals surface area contributed by atoms with Crippen LogP contribution in [0.2, 0.25) is 0 Å². The number of carbonyl (C=O) groups is 1. The Balaban J connectivity index is 2.07. The van der Waals surface area contributed by atoms with Gasteiger partial charge in [0.05, 0.1) is 16.8 Å². The van der Waals surface area contributed by atoms with Gasteiger partial charge in [-0.05, 0) is 49.2 Å². The molecule has 2 aromatic carbocycles. The molecule has 1 aromatic heterocycles. The number of carbonyl (C=O) groups excluding carboxylic acids is 1. The largest absolute Gasteiger partial charge is 0.496 e. The molecule has 0 saturated heterocycles. The van der Waals surface area contributed by atoms with Gasteiger partial charge in [-0.2, -0.15) is 13.2 Å². The number of anilines is 1. The molecule has 3 aromatic rings. The Labute approximate surface area is 194 Å². The molecule has 1 atom stereocenters. The summed E-state index contributed by atoms with van der Waals surface area (Å²) in [4.78, 5) is 13.2. The standard InChI is InChI=1S/C22H21F3N4O4S/c1-12-8-9-15(11-17(12)32-3)33-21-18(13(2)19(28-29-21)22(23,24)25)20(30)27-14-6-5-7-16(10-14)34(4,26)31/h5-11,26H,1-4H3,(H,27,30). The van der Waals surface area contributed by atoms with Crippen LogP contribution in [0.4, 0.5) is 18.9 Å². The van der Waals surface area contributed by atoms with E-state index < -0.39 is 44.5 Å². The predicted octanol–water partition coefficient (Wildman–Crippen LogP) is 5.20. The fourth-order valence-electron chi connectivity index (χ4n) is 3.09. The lowest BCUT2D eigenvalue weighted by molar-refractivity contribution is -0.142. The van der Waals surface area contributed by atoms with E-state index in [1.165, 1.54) is 43.7 Å². The average Bonchev–Trinajstić information content (AvgIpc) is 2.73. The molecular weight excluding hydrogens is 473 g/mol. The molecule has 12 heteroatoms. The lowest BCUT2D eigenvalue weighted by Crippen LogP contribution is -2.21. The van der Waals surface area contributed by atoms with Crippen molar-refractivity contribution in [1.29, 1.82) is 4.78 Å². The number of aromatic nitrogens is 2. The second kappa shape index (κ2) is 9.29. The van der Waals surface area contributed by atoms with Gasteiger partial charge in [0.25, 0.3) is 11.8 Å². The van der Waals surface area contributed by atoms with Crippen molar-refractivity contribution >= 4 is 21.3 Å². The summed E-state index contributed by atoms with van der Waals surface area (Å²) in [6, 6.07) is 10.4. The maximum Gasteiger partial charge on any atom is 0.435 e. The highest BCUT2D eigenvalue weighted by Crippen LogP contribution is 2.36. The summed E-state index contributed by atoms with van der Waals surface area (Å²) in [6.45, 7) is 2.89. The summed E-state index contributed by atoms with van der Waals surface area (Å²) in [7, 11) is -1.63. The zero-order valence-corrected chi connectivity index (χ0v) is 19.4. The van der Waals surface area contributed by atoms with E-state index in [1.54, 1.807) is 19.1 Å². The van der Waals surface area contributed by atoms with Crippen molar-refractivity contribution in [2.45, 2.75) is 24.9 Å². The van der Waals surface area contributed by atoms with Gasteiger partial charge in [-0.25, -0.2) is 8.99 Å². The first kappa shape index (κ1) is 25.0. The Morgan fingerprint density at radius 3 is 2.44 bits per heavy atom. The van der Waals surface area contributed by atoms with E-state index in [4.69, 9.17) is 14.3 Å². The smallest absolute Gasteiger partial charge is 0.435 e. The number of ether oxygens (including phenoxy) is 2. The predicted molar refractivity (Wildman–Crippen MR) is 119 cm³/mol. The fourth-order valence-corrected chi connectivity index (χ4v) is 3.78. The third-order valence-electron chi connectivity index (χ3n) is 4.82. The summed E-state index contributed by atoms with van der Waals surface area (Å²) < 4.78 is 71.0. The molecule has 0 bridgehead atoms. The molecule has 0 saturated carbocycles. The minimum atomic E-state index is -4.85. The van der Waals surface area contributed by atoms with E-state index in [1.807, 2.05) is 0 Å². The van der Waals surface area contributed by atoms with E-state index in [9.17, 15) is 22.2 Å². The number of rotatable bonds is 6. The lowest BCUT2D eigenvalue weighted by atomic mass is 10.1. The molecule has 0 fully saturated rings. The van der Waals surface area contributed by atoms with Gasteiger partial charge >= 0.3 is 6.18 Å². The zero-order chi connectivity index (χ0) is 25.3. The molecule has 1 heterocycles. The number of aryl methyl sites for hydroxylation is 1. The number of methoxy groups -OCH3 is 1. The highest BCUT2D eigenvalue weighted by molar-refractivity contribution is 7.91. The Kier molecular flexibility index (Phi) is 6.82. The SMILES string of the molecule is COc1cc(Oc2nnc(C(F)(F)F)c(C)c2C(=O)Nc2cccc(S(C)(=N)=O)c2)ccc1C. The van der Waals surface area contributed by atoms with E-state index in [-0.39, 0.29) is 16.3 Å². The first-order valence-corrected chi connectivity index (χ1v) is 11.7. The highest BCUT2D eigenvalue weighted by Gasteiger charge is 2.38. The van der Waals surface area contributed by atoms with Crippen LogP contribution in [0.1, 0.15) is 27.2 Å². The van der Waals surface area contributed by atoms with Crippen LogP contribution in [0.5, 0.6) is 17.4 Å². The van der Waals surface area contributed by atoms with Gasteiger partial charge in [0, 0.05) is 22.9 Å². The van der Waals surface area contributed by atoms with Crippen molar-refractivity contribution in [2.75, 3.05) is 18.7 Å². The van der Waals surface area contributed by atoms with E-state index in [2.05, 4.69) is 15.5 Å². The topological polar surface area (TPSA) is 114 Å². The Bertz CT molecular complexity index is 1360. The summed E-state index contributed by atoms with van der Waals surface area (Å²) in [5, 5.41) is 9.22. The zero-order valence-electron chi connectivity index (χ0n) is 18.6. The van der Waals surface area contributed by atoms with Gasteiger partial charge in [0.2, 0.25) is 0 Å². The van der Waals surface area contributed by atoms with Crippen molar-refractivity contribution in [2.24, 2.45) is 0 Å². The van der Waals surface area contributed by atoms with Crippen molar-refractivity contribution in [3.05, 3.63) is 64.8 Å². The Morgan fingerprint density at radius 1 is 1.12 bits per heavy atom. The maximum absolute atomic E-state index is 13.5. The molecule has 0 aliphatic rings. The van der Waals surface area contributed by atoms with E-state index in [0.29, 0.717) is 5.75 Å². The van der Waals surface area contributed by atoms with Crippen molar-refractivity contribution in [3.63, 3.8) is 0 Å². The van der Waals surface area contributed by atoms with Crippen LogP contribution in [0.15, 0.2) is 47.4 Å². The minimum Gasteiger partial charge on any atom is -0.496 e. The first-order chi connectivity index (χ1) is 15.8. The summed E-state index contributed by atoms with van der Waals surface area (Å²) in [5.41, 5.74) is -1.36. The van der Waals surface area contributed by atoms with Crippen molar-refractivity contribution < 1.29 is 31.6 Å². The second-order valence-electron chi connectivity index (χ2n) is 7.41. The number of hydrogen-bond acceptors (Lipinski definition) is 7.